The average Bonchev–Trinajstić information content (AvgIpc) is 3.20. The summed E-state index contributed by atoms with van der Waals surface area (Å²) in [4.78, 5) is 7.92. The zero-order valence-electron chi connectivity index (χ0n) is 15.5. The van der Waals surface area contributed by atoms with Crippen LogP contribution in [0.15, 0.2) is 42.6 Å². The molecule has 0 saturated heterocycles. The molecule has 3 N–H and O–H groups in total. The lowest BCUT2D eigenvalue weighted by Crippen LogP contribution is -2.18. The van der Waals surface area contributed by atoms with Gasteiger partial charge in [0.05, 0.1) is 0 Å². The Labute approximate surface area is 172 Å². The van der Waals surface area contributed by atoms with Crippen molar-refractivity contribution in [3.8, 4) is 28.7 Å². The number of H-pyrrole nitrogens is 1. The number of alkyl halides is 3. The molecule has 4 rings (SSSR count). The highest BCUT2D eigenvalue weighted by atomic mass is 19.4. The number of halogens is 3. The molecule has 31 heavy (non-hydrogen) atoms. The number of nitrogens with one attached hydrogen (secondary N) is 1. The number of hydrogen-bond acceptors (Lipinski definition) is 8. The first-order chi connectivity index (χ1) is 14.8. The van der Waals surface area contributed by atoms with Crippen molar-refractivity contribution in [1.29, 1.82) is 5.26 Å². The van der Waals surface area contributed by atoms with Crippen LogP contribution in [-0.2, 0) is 6.61 Å². The molecule has 3 heterocycles. The van der Waals surface area contributed by atoms with Gasteiger partial charge in [0.15, 0.2) is 16.9 Å². The number of anilines is 1. The quantitative estimate of drug-likeness (QED) is 0.495. The third-order valence-electron chi connectivity index (χ3n) is 4.17. The predicted molar refractivity (Wildman–Crippen MR) is 101 cm³/mol. The number of pyridine rings is 2. The molecular formula is C19H12F3N7O2. The van der Waals surface area contributed by atoms with E-state index in [0.29, 0.717) is 11.1 Å². The van der Waals surface area contributed by atoms with Crippen LogP contribution in [0.2, 0.25) is 0 Å². The minimum absolute atomic E-state index is 0.129. The lowest BCUT2D eigenvalue weighted by Gasteiger charge is -2.15. The molecule has 0 amide bonds. The summed E-state index contributed by atoms with van der Waals surface area (Å²) in [7, 11) is 0. The second-order valence-electron chi connectivity index (χ2n) is 6.26. The van der Waals surface area contributed by atoms with E-state index >= 15 is 0 Å². The summed E-state index contributed by atoms with van der Waals surface area (Å²) in [5, 5.41) is 18.8. The van der Waals surface area contributed by atoms with Crippen LogP contribution in [0.1, 0.15) is 11.3 Å². The molecular weight excluding hydrogens is 415 g/mol. The lowest BCUT2D eigenvalue weighted by molar-refractivity contribution is -0.275. The highest BCUT2D eigenvalue weighted by Gasteiger charge is 2.32. The summed E-state index contributed by atoms with van der Waals surface area (Å²) in [5.41, 5.74) is 7.54. The van der Waals surface area contributed by atoms with Crippen LogP contribution in [0.25, 0.3) is 22.3 Å². The molecule has 0 fully saturated rings. The molecule has 4 aromatic rings. The van der Waals surface area contributed by atoms with Crippen LogP contribution < -0.4 is 15.2 Å². The Bertz CT molecular complexity index is 1280. The summed E-state index contributed by atoms with van der Waals surface area (Å²) in [6, 6.07) is 10.6. The van der Waals surface area contributed by atoms with Gasteiger partial charge in [-0.1, -0.05) is 17.3 Å². The Kier molecular flexibility index (Phi) is 5.00. The van der Waals surface area contributed by atoms with Crippen molar-refractivity contribution in [2.24, 2.45) is 0 Å². The molecule has 0 aliphatic carbocycles. The Balaban J connectivity index is 1.65. The minimum Gasteiger partial charge on any atom is -0.486 e. The maximum absolute atomic E-state index is 13.0. The topological polar surface area (TPSA) is 136 Å². The smallest absolute Gasteiger partial charge is 0.486 e. The van der Waals surface area contributed by atoms with E-state index in [-0.39, 0.29) is 40.6 Å². The van der Waals surface area contributed by atoms with E-state index in [9.17, 15) is 13.2 Å². The van der Waals surface area contributed by atoms with Crippen LogP contribution in [0.4, 0.5) is 19.0 Å². The van der Waals surface area contributed by atoms with Gasteiger partial charge in [-0.25, -0.2) is 15.1 Å². The molecule has 0 aliphatic heterocycles. The molecule has 0 radical (unpaired) electrons. The van der Waals surface area contributed by atoms with Gasteiger partial charge >= 0.3 is 6.36 Å². The van der Waals surface area contributed by atoms with Crippen molar-refractivity contribution in [2.45, 2.75) is 13.0 Å². The van der Waals surface area contributed by atoms with Gasteiger partial charge in [-0.2, -0.15) is 5.26 Å². The fraction of sp³-hybridized carbons (Fsp3) is 0.105. The third-order valence-corrected chi connectivity index (χ3v) is 4.17. The van der Waals surface area contributed by atoms with Gasteiger partial charge in [-0.05, 0) is 23.8 Å². The Morgan fingerprint density at radius 1 is 1.10 bits per heavy atom. The monoisotopic (exact) mass is 427 g/mol. The van der Waals surface area contributed by atoms with Gasteiger partial charge in [0.2, 0.25) is 0 Å². The van der Waals surface area contributed by atoms with E-state index in [0.717, 1.165) is 0 Å². The number of aromatic amines is 1. The number of ether oxygens (including phenoxy) is 2. The number of nitrogens with two attached hydrogens (primary N) is 1. The second-order valence-corrected chi connectivity index (χ2v) is 6.26. The maximum atomic E-state index is 13.0. The Hall–Kier alpha value is -4.40. The molecule has 3 aromatic heterocycles. The number of nitriles is 1. The summed E-state index contributed by atoms with van der Waals surface area (Å²) in [6.45, 7) is -0.261. The van der Waals surface area contributed by atoms with Crippen molar-refractivity contribution >= 4 is 17.0 Å². The highest BCUT2D eigenvalue weighted by molar-refractivity contribution is 5.79. The summed E-state index contributed by atoms with van der Waals surface area (Å²) < 4.78 is 48.8. The van der Waals surface area contributed by atoms with Gasteiger partial charge in [0, 0.05) is 23.4 Å². The highest BCUT2D eigenvalue weighted by Crippen LogP contribution is 2.33. The zero-order chi connectivity index (χ0) is 22.0. The molecule has 1 aromatic carbocycles. The third kappa shape index (κ3) is 4.45. The van der Waals surface area contributed by atoms with E-state index in [2.05, 4.69) is 30.1 Å². The largest absolute Gasteiger partial charge is 0.573 e. The fourth-order valence-corrected chi connectivity index (χ4v) is 2.80. The van der Waals surface area contributed by atoms with Gasteiger partial charge in [0.25, 0.3) is 0 Å². The first-order valence-corrected chi connectivity index (χ1v) is 8.67. The fourth-order valence-electron chi connectivity index (χ4n) is 2.80. The first kappa shape index (κ1) is 19.9. The molecule has 0 unspecified atom stereocenters. The number of aromatic nitrogens is 5. The van der Waals surface area contributed by atoms with Crippen LogP contribution in [0.3, 0.4) is 0 Å². The summed E-state index contributed by atoms with van der Waals surface area (Å²) in [6.07, 6.45) is -3.51. The van der Waals surface area contributed by atoms with E-state index in [1.54, 1.807) is 12.1 Å². The zero-order valence-corrected chi connectivity index (χ0v) is 15.5. The molecule has 0 saturated carbocycles. The molecule has 0 aliphatic rings. The van der Waals surface area contributed by atoms with Crippen LogP contribution in [-0.4, -0.2) is 31.7 Å². The Morgan fingerprint density at radius 2 is 1.90 bits per heavy atom. The molecule has 156 valence electrons. The minimum atomic E-state index is -4.91. The van der Waals surface area contributed by atoms with Crippen LogP contribution in [0.5, 0.6) is 11.5 Å². The number of hydrogen-bond donors (Lipinski definition) is 2. The van der Waals surface area contributed by atoms with Gasteiger partial charge < -0.3 is 15.2 Å². The number of nitrogens with zero attached hydrogens (tertiary/aromatic N) is 5. The SMILES string of the molecule is N#Cc1ccc(-c2ccc(COc3cc(N)nc4[nH]nnc34)c(OC(F)(F)F)c2)cn1. The molecule has 0 spiro atoms. The van der Waals surface area contributed by atoms with E-state index in [1.807, 2.05) is 6.07 Å². The van der Waals surface area contributed by atoms with Crippen LogP contribution in [0, 0.1) is 11.3 Å². The average molecular weight is 427 g/mol. The Morgan fingerprint density at radius 3 is 2.61 bits per heavy atom. The van der Waals surface area contributed by atoms with Gasteiger partial charge in [-0.15, -0.1) is 18.3 Å². The van der Waals surface area contributed by atoms with Gasteiger partial charge in [0.1, 0.15) is 29.9 Å². The first-order valence-electron chi connectivity index (χ1n) is 8.67. The molecule has 9 nitrogen and oxygen atoms in total. The van der Waals surface area contributed by atoms with E-state index in [4.69, 9.17) is 15.7 Å². The molecule has 0 atom stereocenters. The van der Waals surface area contributed by atoms with E-state index in [1.165, 1.54) is 30.5 Å². The number of nitrogen functional groups attached to an aromatic ring is 1. The number of benzene rings is 1. The van der Waals surface area contributed by atoms with Crippen molar-refractivity contribution in [3.63, 3.8) is 0 Å². The normalized spacial score (nSPS) is 11.3. The maximum Gasteiger partial charge on any atom is 0.573 e. The number of fused-ring (bicyclic) bond motifs is 1. The number of rotatable bonds is 5. The van der Waals surface area contributed by atoms with Crippen molar-refractivity contribution in [2.75, 3.05) is 5.73 Å². The van der Waals surface area contributed by atoms with Crippen LogP contribution >= 0.6 is 0 Å². The summed E-state index contributed by atoms with van der Waals surface area (Å²) in [5.74, 6) is -0.105. The standard InChI is InChI=1S/C19H12F3N7O2/c20-19(21,22)31-14-5-10(11-3-4-13(7-23)25-8-11)1-2-12(14)9-30-15-6-16(24)26-18-17(15)27-29-28-18/h1-6,8H,9H2,(H3,24,26,27,28,29). The van der Waals surface area contributed by atoms with Crippen molar-refractivity contribution in [1.82, 2.24) is 25.4 Å². The van der Waals surface area contributed by atoms with Crippen molar-refractivity contribution in [3.05, 3.63) is 53.9 Å². The van der Waals surface area contributed by atoms with Crippen molar-refractivity contribution < 1.29 is 22.6 Å². The molecule has 12 heteroatoms. The molecule has 0 bridgehead atoms. The second kappa shape index (κ2) is 7.79. The predicted octanol–water partition coefficient (Wildman–Crippen LogP) is 3.35. The summed E-state index contributed by atoms with van der Waals surface area (Å²) >= 11 is 0. The lowest BCUT2D eigenvalue weighted by atomic mass is 10.0. The van der Waals surface area contributed by atoms with E-state index < -0.39 is 12.1 Å². The van der Waals surface area contributed by atoms with Gasteiger partial charge in [-0.3, -0.25) is 0 Å².